The lowest BCUT2D eigenvalue weighted by atomic mass is 9.95. The molecule has 0 saturated heterocycles. The molecule has 0 aliphatic heterocycles. The summed E-state index contributed by atoms with van der Waals surface area (Å²) in [5.74, 6) is -4.95. The van der Waals surface area contributed by atoms with E-state index in [1.165, 1.54) is 24.3 Å². The van der Waals surface area contributed by atoms with Crippen molar-refractivity contribution in [3.63, 3.8) is 0 Å². The number of hydrogen-bond acceptors (Lipinski definition) is 4. The normalized spacial score (nSPS) is 11.6. The van der Waals surface area contributed by atoms with Crippen molar-refractivity contribution in [2.75, 3.05) is 0 Å². The third kappa shape index (κ3) is 5.91. The molecule has 4 N–H and O–H groups in total. The average molecular weight is 523 g/mol. The molecule has 8 nitrogen and oxygen atoms in total. The van der Waals surface area contributed by atoms with Crippen molar-refractivity contribution in [3.05, 3.63) is 118 Å². The van der Waals surface area contributed by atoms with Crippen LogP contribution in [0.4, 0.5) is 0 Å². The molecule has 0 aliphatic rings. The minimum Gasteiger partial charge on any atom is -0.478 e. The summed E-state index contributed by atoms with van der Waals surface area (Å²) in [4.78, 5) is 46.2. The summed E-state index contributed by atoms with van der Waals surface area (Å²) in [5, 5.41) is 39.4. The number of carbonyl (C=O) groups is 4. The number of carboxylic acids is 4. The van der Waals surface area contributed by atoms with Gasteiger partial charge in [-0.1, -0.05) is 36.4 Å². The van der Waals surface area contributed by atoms with E-state index in [-0.39, 0.29) is 22.3 Å². The molecule has 4 aromatic carbocycles. The smallest absolute Gasteiger partial charge is 0.335 e. The van der Waals surface area contributed by atoms with Crippen LogP contribution >= 0.6 is 0 Å². The molecule has 0 heterocycles. The van der Waals surface area contributed by atoms with Crippen LogP contribution < -0.4 is 0 Å². The molecule has 4 aromatic rings. The van der Waals surface area contributed by atoms with E-state index in [4.69, 9.17) is 0 Å². The van der Waals surface area contributed by atoms with Crippen molar-refractivity contribution >= 4 is 46.3 Å². The topological polar surface area (TPSA) is 149 Å². The molecule has 0 bridgehead atoms. The molecule has 0 atom stereocenters. The fraction of sp³-hybridized carbons (Fsp3) is 0.0323. The van der Waals surface area contributed by atoms with Gasteiger partial charge in [0.05, 0.1) is 22.3 Å². The molecule has 0 radical (unpaired) electrons. The van der Waals surface area contributed by atoms with E-state index in [1.54, 1.807) is 31.2 Å². The number of aromatic carboxylic acids is 4. The minimum absolute atomic E-state index is 0.137. The number of benzene rings is 4. The third-order valence-electron chi connectivity index (χ3n) is 6.05. The second-order valence-corrected chi connectivity index (χ2v) is 8.74. The first-order valence-corrected chi connectivity index (χ1v) is 11.7. The fourth-order valence-corrected chi connectivity index (χ4v) is 4.20. The molecule has 0 unspecified atom stereocenters. The van der Waals surface area contributed by atoms with Crippen molar-refractivity contribution in [3.8, 4) is 11.1 Å². The fourth-order valence-electron chi connectivity index (χ4n) is 4.20. The quantitative estimate of drug-likeness (QED) is 0.153. The summed E-state index contributed by atoms with van der Waals surface area (Å²) in [5.41, 5.74) is 2.27. The zero-order chi connectivity index (χ0) is 28.3. The number of carboxylic acid groups (broad SMARTS) is 4. The largest absolute Gasteiger partial charge is 0.478 e. The second-order valence-electron chi connectivity index (χ2n) is 8.74. The maximum absolute atomic E-state index is 11.6. The van der Waals surface area contributed by atoms with E-state index in [9.17, 15) is 39.6 Å². The van der Waals surface area contributed by atoms with Gasteiger partial charge in [0.1, 0.15) is 0 Å². The second kappa shape index (κ2) is 10.9. The van der Waals surface area contributed by atoms with Crippen molar-refractivity contribution < 1.29 is 39.6 Å². The Morgan fingerprint density at radius 1 is 0.538 bits per heavy atom. The van der Waals surface area contributed by atoms with E-state index in [0.717, 1.165) is 28.5 Å². The van der Waals surface area contributed by atoms with Gasteiger partial charge in [0.25, 0.3) is 0 Å². The molecule has 0 amide bonds. The number of hydrogen-bond donors (Lipinski definition) is 4. The van der Waals surface area contributed by atoms with Gasteiger partial charge < -0.3 is 20.4 Å². The van der Waals surface area contributed by atoms with Crippen LogP contribution in [0.2, 0.25) is 0 Å². The molecule has 0 saturated carbocycles. The summed E-state index contributed by atoms with van der Waals surface area (Å²) < 4.78 is 0. The first kappa shape index (κ1) is 26.6. The third-order valence-corrected chi connectivity index (χ3v) is 6.05. The Labute approximate surface area is 222 Å². The lowest BCUT2D eigenvalue weighted by Gasteiger charge is -2.09. The monoisotopic (exact) mass is 522 g/mol. The lowest BCUT2D eigenvalue weighted by Crippen LogP contribution is -2.03. The molecule has 0 aliphatic carbocycles. The molecular weight excluding hydrogens is 500 g/mol. The van der Waals surface area contributed by atoms with Crippen LogP contribution in [-0.2, 0) is 0 Å². The van der Waals surface area contributed by atoms with Crippen LogP contribution in [0.15, 0.2) is 84.9 Å². The van der Waals surface area contributed by atoms with E-state index in [1.807, 2.05) is 30.3 Å². The van der Waals surface area contributed by atoms with Crippen LogP contribution in [-0.4, -0.2) is 44.3 Å². The summed E-state index contributed by atoms with van der Waals surface area (Å²) in [6.45, 7) is 1.79. The molecule has 0 aromatic heterocycles. The Hall–Kier alpha value is -5.50. The van der Waals surface area contributed by atoms with Gasteiger partial charge in [-0.15, -0.1) is 0 Å². The standard InChI is InChI=1S/C31H22O8/c1-2-3-19(22-11-24(28(32)33)15-25(12-22)29(34)35)8-17-4-5-18-6-7-20(10-21(18)9-17)23-13-26(30(36)37)16-27(14-23)31(38)39/h2-16H,1H3,(H,32,33)(H,34,35)(H,36,37)(H,38,39)/b3-2-,19-8+. The van der Waals surface area contributed by atoms with Gasteiger partial charge in [-0.25, -0.2) is 19.2 Å². The maximum atomic E-state index is 11.6. The summed E-state index contributed by atoms with van der Waals surface area (Å²) in [6.07, 6.45) is 5.30. The highest BCUT2D eigenvalue weighted by atomic mass is 16.4. The van der Waals surface area contributed by atoms with Crippen LogP contribution in [0.1, 0.15) is 59.5 Å². The average Bonchev–Trinajstić information content (AvgIpc) is 2.91. The van der Waals surface area contributed by atoms with Crippen LogP contribution in [0.25, 0.3) is 33.5 Å². The van der Waals surface area contributed by atoms with Crippen molar-refractivity contribution in [2.24, 2.45) is 0 Å². The van der Waals surface area contributed by atoms with Gasteiger partial charge in [0.2, 0.25) is 0 Å². The van der Waals surface area contributed by atoms with E-state index in [2.05, 4.69) is 0 Å². The predicted octanol–water partition coefficient (Wildman–Crippen LogP) is 6.42. The Morgan fingerprint density at radius 3 is 1.54 bits per heavy atom. The van der Waals surface area contributed by atoms with Crippen molar-refractivity contribution in [2.45, 2.75) is 6.92 Å². The zero-order valence-corrected chi connectivity index (χ0v) is 20.6. The molecule has 194 valence electrons. The van der Waals surface area contributed by atoms with E-state index < -0.39 is 23.9 Å². The number of allylic oxidation sites excluding steroid dienone is 3. The van der Waals surface area contributed by atoms with Gasteiger partial charge in [-0.05, 0) is 100 Å². The summed E-state index contributed by atoms with van der Waals surface area (Å²) in [6, 6.07) is 18.9. The van der Waals surface area contributed by atoms with Gasteiger partial charge in [0.15, 0.2) is 0 Å². The Bertz CT molecular complexity index is 1660. The van der Waals surface area contributed by atoms with Crippen molar-refractivity contribution in [1.82, 2.24) is 0 Å². The lowest BCUT2D eigenvalue weighted by molar-refractivity contribution is 0.0676. The molecule has 0 fully saturated rings. The van der Waals surface area contributed by atoms with E-state index >= 15 is 0 Å². The molecular formula is C31H22O8. The molecule has 0 spiro atoms. The van der Waals surface area contributed by atoms with Crippen LogP contribution in [0.3, 0.4) is 0 Å². The first-order chi connectivity index (χ1) is 18.5. The first-order valence-electron chi connectivity index (χ1n) is 11.7. The highest BCUT2D eigenvalue weighted by molar-refractivity contribution is 5.99. The summed E-state index contributed by atoms with van der Waals surface area (Å²) >= 11 is 0. The van der Waals surface area contributed by atoms with E-state index in [0.29, 0.717) is 22.3 Å². The zero-order valence-electron chi connectivity index (χ0n) is 20.6. The SMILES string of the molecule is C/C=C\C(=C/c1ccc2ccc(-c3cc(C(=O)O)cc(C(=O)O)c3)cc2c1)c1cc(C(=O)O)cc(C(=O)O)c1. The van der Waals surface area contributed by atoms with Gasteiger partial charge >= 0.3 is 23.9 Å². The van der Waals surface area contributed by atoms with Gasteiger partial charge in [0, 0.05) is 0 Å². The highest BCUT2D eigenvalue weighted by Gasteiger charge is 2.14. The number of rotatable bonds is 8. The van der Waals surface area contributed by atoms with Gasteiger partial charge in [-0.3, -0.25) is 0 Å². The minimum atomic E-state index is -1.24. The van der Waals surface area contributed by atoms with Crippen LogP contribution in [0, 0.1) is 0 Å². The Balaban J connectivity index is 1.83. The maximum Gasteiger partial charge on any atom is 0.335 e. The Morgan fingerprint density at radius 2 is 1.03 bits per heavy atom. The number of fused-ring (bicyclic) bond motifs is 1. The predicted molar refractivity (Wildman–Crippen MR) is 146 cm³/mol. The molecule has 39 heavy (non-hydrogen) atoms. The van der Waals surface area contributed by atoms with Gasteiger partial charge in [-0.2, -0.15) is 0 Å². The van der Waals surface area contributed by atoms with Crippen molar-refractivity contribution in [1.29, 1.82) is 0 Å². The summed E-state index contributed by atoms with van der Waals surface area (Å²) in [7, 11) is 0. The molecule has 4 rings (SSSR count). The highest BCUT2D eigenvalue weighted by Crippen LogP contribution is 2.29. The van der Waals surface area contributed by atoms with Crippen LogP contribution in [0.5, 0.6) is 0 Å². The molecule has 8 heteroatoms. The Kier molecular flexibility index (Phi) is 7.39.